The first-order valence-corrected chi connectivity index (χ1v) is 6.02. The summed E-state index contributed by atoms with van der Waals surface area (Å²) in [5.74, 6) is 0.583. The summed E-state index contributed by atoms with van der Waals surface area (Å²) in [6.45, 7) is 10.6. The van der Waals surface area contributed by atoms with Crippen LogP contribution < -0.4 is 0 Å². The number of benzene rings is 1. The predicted molar refractivity (Wildman–Crippen MR) is 70.9 cm³/mol. The molecule has 0 fully saturated rings. The van der Waals surface area contributed by atoms with Gasteiger partial charge >= 0.3 is 0 Å². The lowest BCUT2D eigenvalue weighted by Gasteiger charge is -2.09. The summed E-state index contributed by atoms with van der Waals surface area (Å²) in [6.07, 6.45) is 2.09. The number of hydrogen-bond donors (Lipinski definition) is 0. The van der Waals surface area contributed by atoms with Crippen molar-refractivity contribution < 1.29 is 0 Å². The Kier molecular flexibility index (Phi) is 4.11. The van der Waals surface area contributed by atoms with Gasteiger partial charge in [-0.15, -0.1) is 0 Å². The largest absolute Gasteiger partial charge is 0.275 e. The monoisotopic (exact) mass is 218 g/mol. The highest BCUT2D eigenvalue weighted by Gasteiger charge is 2.08. The summed E-state index contributed by atoms with van der Waals surface area (Å²) in [5, 5.41) is 5.67. The van der Waals surface area contributed by atoms with E-state index in [1.807, 2.05) is 25.6 Å². The maximum absolute atomic E-state index is 4.39. The standard InChI is InChI=1S/C12H16N2.C2H6/c1-8(2)10-5-6-12-11(9(10)3)7-14(4)13-12;1-2/h5-8H,1-4H3;1-2H3. The molecule has 0 N–H and O–H groups in total. The number of nitrogens with zero attached hydrogens (tertiary/aromatic N) is 2. The summed E-state index contributed by atoms with van der Waals surface area (Å²) in [4.78, 5) is 0. The molecule has 2 rings (SSSR count). The molecule has 0 amide bonds. The number of fused-ring (bicyclic) bond motifs is 1. The van der Waals surface area contributed by atoms with Gasteiger partial charge < -0.3 is 0 Å². The minimum Gasteiger partial charge on any atom is -0.275 e. The van der Waals surface area contributed by atoms with Crippen LogP contribution >= 0.6 is 0 Å². The molecule has 1 aromatic heterocycles. The van der Waals surface area contributed by atoms with Gasteiger partial charge in [0.1, 0.15) is 0 Å². The molecular formula is C14H22N2. The van der Waals surface area contributed by atoms with E-state index in [1.54, 1.807) is 0 Å². The van der Waals surface area contributed by atoms with E-state index in [9.17, 15) is 0 Å². The Morgan fingerprint density at radius 3 is 2.38 bits per heavy atom. The first kappa shape index (κ1) is 12.8. The van der Waals surface area contributed by atoms with Gasteiger partial charge in [-0.2, -0.15) is 5.10 Å². The normalized spacial score (nSPS) is 10.4. The first-order chi connectivity index (χ1) is 7.59. The Morgan fingerprint density at radius 1 is 1.19 bits per heavy atom. The zero-order valence-corrected chi connectivity index (χ0v) is 11.2. The van der Waals surface area contributed by atoms with Crippen molar-refractivity contribution in [3.63, 3.8) is 0 Å². The van der Waals surface area contributed by atoms with E-state index in [1.165, 1.54) is 16.5 Å². The van der Waals surface area contributed by atoms with Crippen LogP contribution in [0.15, 0.2) is 18.3 Å². The highest BCUT2D eigenvalue weighted by atomic mass is 15.2. The van der Waals surface area contributed by atoms with Gasteiger partial charge in [-0.05, 0) is 30.0 Å². The number of aryl methyl sites for hydroxylation is 2. The van der Waals surface area contributed by atoms with Crippen molar-refractivity contribution in [1.82, 2.24) is 9.78 Å². The fraction of sp³-hybridized carbons (Fsp3) is 0.500. The predicted octanol–water partition coefficient (Wildman–Crippen LogP) is 4.03. The Hall–Kier alpha value is -1.31. The second-order valence-electron chi connectivity index (χ2n) is 4.17. The molecule has 0 unspecified atom stereocenters. The molecule has 1 aromatic carbocycles. The van der Waals surface area contributed by atoms with Crippen molar-refractivity contribution in [3.8, 4) is 0 Å². The van der Waals surface area contributed by atoms with E-state index in [-0.39, 0.29) is 0 Å². The van der Waals surface area contributed by atoms with Gasteiger partial charge in [0.15, 0.2) is 0 Å². The molecule has 2 nitrogen and oxygen atoms in total. The third-order valence-corrected chi connectivity index (χ3v) is 2.74. The molecule has 16 heavy (non-hydrogen) atoms. The average Bonchev–Trinajstić information content (AvgIpc) is 2.62. The lowest BCUT2D eigenvalue weighted by Crippen LogP contribution is -1.91. The Morgan fingerprint density at radius 2 is 1.81 bits per heavy atom. The zero-order valence-electron chi connectivity index (χ0n) is 11.2. The van der Waals surface area contributed by atoms with Crippen molar-refractivity contribution >= 4 is 10.9 Å². The number of hydrogen-bond acceptors (Lipinski definition) is 1. The maximum atomic E-state index is 4.39. The molecular weight excluding hydrogens is 196 g/mol. The zero-order chi connectivity index (χ0) is 12.3. The van der Waals surface area contributed by atoms with Crippen LogP contribution in [0.4, 0.5) is 0 Å². The molecule has 0 saturated heterocycles. The molecule has 2 aromatic rings. The van der Waals surface area contributed by atoms with E-state index in [2.05, 4.69) is 44.2 Å². The van der Waals surface area contributed by atoms with E-state index in [0.717, 1.165) is 5.52 Å². The molecule has 0 saturated carbocycles. The molecule has 0 spiro atoms. The van der Waals surface area contributed by atoms with Gasteiger partial charge in [-0.25, -0.2) is 0 Å². The molecule has 0 radical (unpaired) electrons. The van der Waals surface area contributed by atoms with Crippen LogP contribution in [0, 0.1) is 6.92 Å². The maximum Gasteiger partial charge on any atom is 0.0926 e. The van der Waals surface area contributed by atoms with Crippen LogP contribution in [-0.4, -0.2) is 9.78 Å². The summed E-state index contributed by atoms with van der Waals surface area (Å²) < 4.78 is 1.88. The van der Waals surface area contributed by atoms with E-state index in [4.69, 9.17) is 0 Å². The molecule has 0 bridgehead atoms. The van der Waals surface area contributed by atoms with Crippen molar-refractivity contribution in [2.45, 2.75) is 40.5 Å². The molecule has 0 aliphatic rings. The third-order valence-electron chi connectivity index (χ3n) is 2.74. The van der Waals surface area contributed by atoms with Crippen LogP contribution in [0.3, 0.4) is 0 Å². The summed E-state index contributed by atoms with van der Waals surface area (Å²) >= 11 is 0. The first-order valence-electron chi connectivity index (χ1n) is 6.02. The molecule has 0 atom stereocenters. The van der Waals surface area contributed by atoms with E-state index < -0.39 is 0 Å². The Balaban J connectivity index is 0.000000606. The highest BCUT2D eigenvalue weighted by Crippen LogP contribution is 2.25. The summed E-state index contributed by atoms with van der Waals surface area (Å²) in [6, 6.07) is 4.30. The van der Waals surface area contributed by atoms with E-state index >= 15 is 0 Å². The van der Waals surface area contributed by atoms with Crippen molar-refractivity contribution in [2.24, 2.45) is 7.05 Å². The molecule has 2 heteroatoms. The van der Waals surface area contributed by atoms with Gasteiger partial charge in [-0.3, -0.25) is 4.68 Å². The molecule has 1 heterocycles. The van der Waals surface area contributed by atoms with Gasteiger partial charge in [0.25, 0.3) is 0 Å². The second kappa shape index (κ2) is 5.15. The summed E-state index contributed by atoms with van der Waals surface area (Å²) in [5.41, 5.74) is 3.88. The smallest absolute Gasteiger partial charge is 0.0926 e. The topological polar surface area (TPSA) is 17.8 Å². The molecule has 88 valence electrons. The van der Waals surface area contributed by atoms with Crippen molar-refractivity contribution in [1.29, 1.82) is 0 Å². The van der Waals surface area contributed by atoms with Gasteiger partial charge in [0.05, 0.1) is 5.52 Å². The fourth-order valence-corrected chi connectivity index (χ4v) is 1.99. The minimum absolute atomic E-state index is 0.583. The lowest BCUT2D eigenvalue weighted by molar-refractivity contribution is 0.779. The van der Waals surface area contributed by atoms with Crippen LogP contribution in [0.1, 0.15) is 44.7 Å². The SMILES string of the molecule is CC.Cc1c(C(C)C)ccc2nn(C)cc12. The fourth-order valence-electron chi connectivity index (χ4n) is 1.99. The van der Waals surface area contributed by atoms with Gasteiger partial charge in [0.2, 0.25) is 0 Å². The number of rotatable bonds is 1. The number of aromatic nitrogens is 2. The molecule has 0 aliphatic heterocycles. The minimum atomic E-state index is 0.583. The summed E-state index contributed by atoms with van der Waals surface area (Å²) in [7, 11) is 1.97. The molecule has 0 aliphatic carbocycles. The van der Waals surface area contributed by atoms with Gasteiger partial charge in [0, 0.05) is 18.6 Å². The van der Waals surface area contributed by atoms with Crippen LogP contribution in [0.25, 0.3) is 10.9 Å². The van der Waals surface area contributed by atoms with Crippen molar-refractivity contribution in [3.05, 3.63) is 29.5 Å². The van der Waals surface area contributed by atoms with Crippen molar-refractivity contribution in [2.75, 3.05) is 0 Å². The quantitative estimate of drug-likeness (QED) is 0.706. The van der Waals surface area contributed by atoms with Crippen LogP contribution in [0.5, 0.6) is 0 Å². The van der Waals surface area contributed by atoms with Crippen LogP contribution in [0.2, 0.25) is 0 Å². The highest BCUT2D eigenvalue weighted by molar-refractivity contribution is 5.82. The average molecular weight is 218 g/mol. The third kappa shape index (κ3) is 2.26. The van der Waals surface area contributed by atoms with E-state index in [0.29, 0.717) is 5.92 Å². The lowest BCUT2D eigenvalue weighted by atomic mass is 9.96. The Bertz CT molecular complexity index is 467. The second-order valence-corrected chi connectivity index (χ2v) is 4.17. The van der Waals surface area contributed by atoms with Crippen LogP contribution in [-0.2, 0) is 7.05 Å². The van der Waals surface area contributed by atoms with Gasteiger partial charge in [-0.1, -0.05) is 33.8 Å². The Labute approximate surface area is 98.3 Å².